The maximum Gasteiger partial charge on any atom is 0.407 e. The van der Waals surface area contributed by atoms with Gasteiger partial charge < -0.3 is 10.1 Å². The van der Waals surface area contributed by atoms with E-state index in [0.717, 1.165) is 25.7 Å². The van der Waals surface area contributed by atoms with Crippen LogP contribution in [0.15, 0.2) is 12.2 Å². The lowest BCUT2D eigenvalue weighted by molar-refractivity contribution is 0.0798. The van der Waals surface area contributed by atoms with Gasteiger partial charge in [-0.3, -0.25) is 0 Å². The molecule has 1 atom stereocenters. The highest BCUT2D eigenvalue weighted by Crippen LogP contribution is 2.24. The molecule has 0 heterocycles. The summed E-state index contributed by atoms with van der Waals surface area (Å²) in [6.45, 7) is 9.75. The minimum atomic E-state index is -0.317. The summed E-state index contributed by atoms with van der Waals surface area (Å²) in [4.78, 5) is 11.5. The normalized spacial score (nSPS) is 22.3. The van der Waals surface area contributed by atoms with Crippen LogP contribution in [0.4, 0.5) is 4.79 Å². The second-order valence-corrected chi connectivity index (χ2v) is 5.25. The Morgan fingerprint density at radius 2 is 2.20 bits per heavy atom. The van der Waals surface area contributed by atoms with E-state index in [4.69, 9.17) is 4.74 Å². The molecule has 0 spiro atoms. The van der Waals surface area contributed by atoms with Crippen LogP contribution in [0.1, 0.15) is 46.5 Å². The minimum Gasteiger partial charge on any atom is -0.446 e. The molecule has 3 nitrogen and oxygen atoms in total. The molecule has 0 aliphatic heterocycles. The van der Waals surface area contributed by atoms with Crippen molar-refractivity contribution in [2.45, 2.75) is 58.1 Å². The van der Waals surface area contributed by atoms with Gasteiger partial charge in [0, 0.05) is 12.0 Å². The predicted octanol–water partition coefficient (Wildman–Crippen LogP) is 3.01. The third kappa shape index (κ3) is 4.86. The van der Waals surface area contributed by atoms with Crippen molar-refractivity contribution >= 4 is 6.09 Å². The molecule has 86 valence electrons. The molecule has 1 aliphatic carbocycles. The molecule has 15 heavy (non-hydrogen) atoms. The maximum atomic E-state index is 11.5. The summed E-state index contributed by atoms with van der Waals surface area (Å²) < 4.78 is 5.33. The van der Waals surface area contributed by atoms with E-state index >= 15 is 0 Å². The molecular weight excluding hydrogens is 190 g/mol. The molecule has 1 rings (SSSR count). The summed E-state index contributed by atoms with van der Waals surface area (Å²) in [6.07, 6.45) is 3.62. The molecular formula is C12H21NO2. The third-order valence-electron chi connectivity index (χ3n) is 2.32. The van der Waals surface area contributed by atoms with Gasteiger partial charge in [-0.15, -0.1) is 0 Å². The highest BCUT2D eigenvalue weighted by molar-refractivity contribution is 5.68. The van der Waals surface area contributed by atoms with Crippen LogP contribution in [0, 0.1) is 0 Å². The quantitative estimate of drug-likeness (QED) is 0.677. The van der Waals surface area contributed by atoms with Gasteiger partial charge in [-0.25, -0.2) is 4.79 Å². The second kappa shape index (κ2) is 4.69. The zero-order valence-electron chi connectivity index (χ0n) is 9.93. The van der Waals surface area contributed by atoms with Gasteiger partial charge in [0.05, 0.1) is 0 Å². The maximum absolute atomic E-state index is 11.5. The van der Waals surface area contributed by atoms with E-state index < -0.39 is 0 Å². The largest absolute Gasteiger partial charge is 0.446 e. The van der Waals surface area contributed by atoms with E-state index in [1.54, 1.807) is 0 Å². The molecule has 0 aromatic carbocycles. The average molecular weight is 211 g/mol. The molecule has 1 N–H and O–H groups in total. The molecule has 1 saturated carbocycles. The first-order valence-corrected chi connectivity index (χ1v) is 5.52. The van der Waals surface area contributed by atoms with Crippen LogP contribution in [0.3, 0.4) is 0 Å². The molecule has 0 unspecified atom stereocenters. The highest BCUT2D eigenvalue weighted by atomic mass is 16.6. The number of ether oxygens (including phenoxy) is 1. The molecule has 1 fully saturated rings. The summed E-state index contributed by atoms with van der Waals surface area (Å²) in [7, 11) is 0. The van der Waals surface area contributed by atoms with Crippen molar-refractivity contribution in [1.29, 1.82) is 0 Å². The Bertz CT molecular complexity index is 253. The van der Waals surface area contributed by atoms with Crippen LogP contribution in [0.5, 0.6) is 0 Å². The number of nitrogens with one attached hydrogen (secondary N) is 1. The van der Waals surface area contributed by atoms with Gasteiger partial charge in [0.2, 0.25) is 0 Å². The molecule has 0 saturated heterocycles. The summed E-state index contributed by atoms with van der Waals surface area (Å²) in [5.74, 6) is 0. The van der Waals surface area contributed by atoms with Gasteiger partial charge in [-0.1, -0.05) is 12.2 Å². The number of carbonyl (C=O) groups is 1. The molecule has 0 aromatic rings. The fourth-order valence-electron chi connectivity index (χ4n) is 1.69. The van der Waals surface area contributed by atoms with Crippen molar-refractivity contribution in [2.75, 3.05) is 0 Å². The molecule has 0 bridgehead atoms. The number of hydrogen-bond donors (Lipinski definition) is 1. The number of rotatable bonds is 1. The lowest BCUT2D eigenvalue weighted by Crippen LogP contribution is -2.42. The first-order chi connectivity index (χ1) is 6.87. The Morgan fingerprint density at radius 3 is 2.73 bits per heavy atom. The van der Waals surface area contributed by atoms with E-state index in [2.05, 4.69) is 11.9 Å². The van der Waals surface area contributed by atoms with Crippen LogP contribution in [-0.2, 0) is 4.74 Å². The zero-order chi connectivity index (χ0) is 11.5. The van der Waals surface area contributed by atoms with Crippen molar-refractivity contribution in [3.63, 3.8) is 0 Å². The Balaban J connectivity index is 2.34. The van der Waals surface area contributed by atoms with Gasteiger partial charge in [-0.2, -0.15) is 0 Å². The Kier molecular flexibility index (Phi) is 3.77. The smallest absolute Gasteiger partial charge is 0.407 e. The van der Waals surface area contributed by atoms with E-state index in [1.807, 2.05) is 20.8 Å². The van der Waals surface area contributed by atoms with E-state index in [-0.39, 0.29) is 17.7 Å². The van der Waals surface area contributed by atoms with E-state index in [9.17, 15) is 4.79 Å². The first kappa shape index (κ1) is 12.1. The summed E-state index contributed by atoms with van der Waals surface area (Å²) in [5, 5.41) is 2.79. The van der Waals surface area contributed by atoms with Crippen molar-refractivity contribution < 1.29 is 9.53 Å². The van der Waals surface area contributed by atoms with Crippen molar-refractivity contribution in [2.24, 2.45) is 0 Å². The standard InChI is InChI=1S/C12H21NO2/c1-9-6-5-7-10(8-9)15-11(14)13-12(2,3)4/h10H,1,5-8H2,2-4H3,(H,13,14)/t10-/m1/s1. The van der Waals surface area contributed by atoms with Gasteiger partial charge in [0.15, 0.2) is 0 Å². The van der Waals surface area contributed by atoms with Crippen molar-refractivity contribution in [1.82, 2.24) is 5.32 Å². The average Bonchev–Trinajstić information content (AvgIpc) is 1.99. The second-order valence-electron chi connectivity index (χ2n) is 5.25. The number of amides is 1. The molecule has 3 heteroatoms. The minimum absolute atomic E-state index is 0.0219. The summed E-state index contributed by atoms with van der Waals surface area (Å²) in [5.41, 5.74) is 0.956. The van der Waals surface area contributed by atoms with Gasteiger partial charge >= 0.3 is 6.09 Å². The van der Waals surface area contributed by atoms with Crippen LogP contribution in [0.25, 0.3) is 0 Å². The number of hydrogen-bond acceptors (Lipinski definition) is 2. The zero-order valence-corrected chi connectivity index (χ0v) is 9.93. The molecule has 1 aliphatic rings. The van der Waals surface area contributed by atoms with Crippen LogP contribution >= 0.6 is 0 Å². The van der Waals surface area contributed by atoms with Crippen molar-refractivity contribution in [3.8, 4) is 0 Å². The summed E-state index contributed by atoms with van der Waals surface area (Å²) >= 11 is 0. The van der Waals surface area contributed by atoms with Crippen molar-refractivity contribution in [3.05, 3.63) is 12.2 Å². The monoisotopic (exact) mass is 211 g/mol. The fourth-order valence-corrected chi connectivity index (χ4v) is 1.69. The Hall–Kier alpha value is -0.990. The molecule has 1 amide bonds. The third-order valence-corrected chi connectivity index (χ3v) is 2.32. The number of alkyl carbamates (subject to hydrolysis) is 1. The lowest BCUT2D eigenvalue weighted by atomic mass is 9.94. The van der Waals surface area contributed by atoms with Gasteiger partial charge in [0.1, 0.15) is 6.10 Å². The van der Waals surface area contributed by atoms with Gasteiger partial charge in [-0.05, 0) is 40.0 Å². The lowest BCUT2D eigenvalue weighted by Gasteiger charge is -2.26. The first-order valence-electron chi connectivity index (χ1n) is 5.52. The van der Waals surface area contributed by atoms with Crippen LogP contribution in [0.2, 0.25) is 0 Å². The van der Waals surface area contributed by atoms with Crippen LogP contribution in [-0.4, -0.2) is 17.7 Å². The fraction of sp³-hybridized carbons (Fsp3) is 0.750. The van der Waals surface area contributed by atoms with E-state index in [0.29, 0.717) is 0 Å². The van der Waals surface area contributed by atoms with E-state index in [1.165, 1.54) is 5.57 Å². The predicted molar refractivity (Wildman–Crippen MR) is 60.8 cm³/mol. The van der Waals surface area contributed by atoms with Crippen LogP contribution < -0.4 is 5.32 Å². The molecule has 0 aromatic heterocycles. The number of carbonyl (C=O) groups excluding carboxylic acids is 1. The molecule has 0 radical (unpaired) electrons. The van der Waals surface area contributed by atoms with Gasteiger partial charge in [0.25, 0.3) is 0 Å². The summed E-state index contributed by atoms with van der Waals surface area (Å²) in [6, 6.07) is 0. The Labute approximate surface area is 91.9 Å². The highest BCUT2D eigenvalue weighted by Gasteiger charge is 2.22. The SMILES string of the molecule is C=C1CCC[C@@H](OC(=O)NC(C)(C)C)C1. The Morgan fingerprint density at radius 1 is 1.53 bits per heavy atom. The topological polar surface area (TPSA) is 38.3 Å².